The summed E-state index contributed by atoms with van der Waals surface area (Å²) in [5, 5.41) is 0. The maximum absolute atomic E-state index is 12.0. The minimum Gasteiger partial charge on any atom is -0.454 e. The van der Waals surface area contributed by atoms with Crippen LogP contribution in [0.2, 0.25) is 0 Å². The molecular formula is C19H29NO2. The fourth-order valence-electron chi connectivity index (χ4n) is 3.32. The predicted octanol–water partition coefficient (Wildman–Crippen LogP) is 4.04. The highest BCUT2D eigenvalue weighted by atomic mass is 16.6. The third-order valence-electron chi connectivity index (χ3n) is 4.73. The Balaban J connectivity index is 2.18. The van der Waals surface area contributed by atoms with Crippen molar-refractivity contribution in [2.24, 2.45) is 0 Å². The lowest BCUT2D eigenvalue weighted by Crippen LogP contribution is -2.45. The maximum atomic E-state index is 12.0. The fourth-order valence-corrected chi connectivity index (χ4v) is 3.32. The van der Waals surface area contributed by atoms with E-state index in [0.717, 1.165) is 32.5 Å². The van der Waals surface area contributed by atoms with Crippen LogP contribution in [0.5, 0.6) is 0 Å². The van der Waals surface area contributed by atoms with E-state index in [1.54, 1.807) is 0 Å². The molecule has 0 bridgehead atoms. The Morgan fingerprint density at radius 3 is 2.50 bits per heavy atom. The van der Waals surface area contributed by atoms with E-state index in [1.165, 1.54) is 24.0 Å². The molecular weight excluding hydrogens is 274 g/mol. The molecule has 3 nitrogen and oxygen atoms in total. The summed E-state index contributed by atoms with van der Waals surface area (Å²) in [4.78, 5) is 14.5. The molecule has 1 saturated heterocycles. The van der Waals surface area contributed by atoms with E-state index in [9.17, 15) is 4.79 Å². The highest BCUT2D eigenvalue weighted by Gasteiger charge is 2.40. The summed E-state index contributed by atoms with van der Waals surface area (Å²) in [6, 6.07) is 8.33. The van der Waals surface area contributed by atoms with Crippen LogP contribution in [0.25, 0.3) is 0 Å². The van der Waals surface area contributed by atoms with Gasteiger partial charge in [0.25, 0.3) is 0 Å². The summed E-state index contributed by atoms with van der Waals surface area (Å²) >= 11 is 0. The quantitative estimate of drug-likeness (QED) is 0.743. The van der Waals surface area contributed by atoms with Crippen LogP contribution in [0.1, 0.15) is 57.1 Å². The number of esters is 1. The van der Waals surface area contributed by atoms with Gasteiger partial charge < -0.3 is 9.64 Å². The Kier molecular flexibility index (Phi) is 6.01. The zero-order valence-corrected chi connectivity index (χ0v) is 14.2. The van der Waals surface area contributed by atoms with E-state index in [0.29, 0.717) is 6.42 Å². The van der Waals surface area contributed by atoms with Gasteiger partial charge in [-0.1, -0.05) is 44.5 Å². The van der Waals surface area contributed by atoms with Gasteiger partial charge in [0.15, 0.2) is 0 Å². The SMILES string of the molecule is CCCCN1CCC(OC(=O)CC)(c2ccccc2C)CC1. The van der Waals surface area contributed by atoms with E-state index < -0.39 is 5.60 Å². The summed E-state index contributed by atoms with van der Waals surface area (Å²) in [6.07, 6.45) is 4.70. The first-order valence-corrected chi connectivity index (χ1v) is 8.61. The van der Waals surface area contributed by atoms with Crippen molar-refractivity contribution in [3.05, 3.63) is 35.4 Å². The molecule has 22 heavy (non-hydrogen) atoms. The van der Waals surface area contributed by atoms with Crippen LogP contribution < -0.4 is 0 Å². The van der Waals surface area contributed by atoms with Crippen molar-refractivity contribution in [2.45, 2.75) is 58.5 Å². The number of likely N-dealkylation sites (tertiary alicyclic amines) is 1. The second-order valence-electron chi connectivity index (χ2n) is 6.33. The first-order valence-electron chi connectivity index (χ1n) is 8.61. The van der Waals surface area contributed by atoms with Crippen LogP contribution in [-0.2, 0) is 15.1 Å². The Morgan fingerprint density at radius 2 is 1.91 bits per heavy atom. The molecule has 0 amide bonds. The fraction of sp³-hybridized carbons (Fsp3) is 0.632. The van der Waals surface area contributed by atoms with Gasteiger partial charge in [-0.2, -0.15) is 0 Å². The molecule has 0 atom stereocenters. The summed E-state index contributed by atoms with van der Waals surface area (Å²) in [5.41, 5.74) is 1.97. The van der Waals surface area contributed by atoms with Crippen LogP contribution in [0.15, 0.2) is 24.3 Å². The number of aryl methyl sites for hydroxylation is 1. The van der Waals surface area contributed by atoms with Crippen LogP contribution >= 0.6 is 0 Å². The molecule has 0 saturated carbocycles. The highest BCUT2D eigenvalue weighted by molar-refractivity contribution is 5.69. The van der Waals surface area contributed by atoms with Gasteiger partial charge >= 0.3 is 5.97 Å². The Hall–Kier alpha value is -1.35. The van der Waals surface area contributed by atoms with Gasteiger partial charge in [0.1, 0.15) is 5.60 Å². The lowest BCUT2D eigenvalue weighted by atomic mass is 9.81. The van der Waals surface area contributed by atoms with E-state index in [2.05, 4.69) is 30.9 Å². The highest BCUT2D eigenvalue weighted by Crippen LogP contribution is 2.38. The van der Waals surface area contributed by atoms with Crippen molar-refractivity contribution in [3.63, 3.8) is 0 Å². The number of piperidine rings is 1. The standard InChI is InChI=1S/C19H29NO2/c1-4-6-13-20-14-11-19(12-15-20,22-18(21)5-2)17-10-8-7-9-16(17)3/h7-10H,4-6,11-15H2,1-3H3. The topological polar surface area (TPSA) is 29.5 Å². The van der Waals surface area contributed by atoms with Gasteiger partial charge in [0, 0.05) is 32.4 Å². The van der Waals surface area contributed by atoms with Gasteiger partial charge in [-0.05, 0) is 31.0 Å². The average molecular weight is 303 g/mol. The Morgan fingerprint density at radius 1 is 1.23 bits per heavy atom. The smallest absolute Gasteiger partial charge is 0.306 e. The number of unbranched alkanes of at least 4 members (excludes halogenated alkanes) is 1. The Bertz CT molecular complexity index is 490. The number of ether oxygens (including phenoxy) is 1. The first-order chi connectivity index (χ1) is 10.6. The number of nitrogens with zero attached hydrogens (tertiary/aromatic N) is 1. The summed E-state index contributed by atoms with van der Waals surface area (Å²) in [6.45, 7) is 9.37. The Labute approximate surface area is 134 Å². The van der Waals surface area contributed by atoms with Crippen LogP contribution in [0.4, 0.5) is 0 Å². The van der Waals surface area contributed by atoms with Crippen molar-refractivity contribution in [1.82, 2.24) is 4.90 Å². The molecule has 0 aliphatic carbocycles. The van der Waals surface area contributed by atoms with Crippen molar-refractivity contribution in [3.8, 4) is 0 Å². The molecule has 1 heterocycles. The molecule has 0 spiro atoms. The molecule has 2 rings (SSSR count). The molecule has 0 aromatic heterocycles. The number of hydrogen-bond donors (Lipinski definition) is 0. The van der Waals surface area contributed by atoms with Gasteiger partial charge in [-0.3, -0.25) is 4.79 Å². The third-order valence-corrected chi connectivity index (χ3v) is 4.73. The second kappa shape index (κ2) is 7.77. The molecule has 122 valence electrons. The number of carbonyl (C=O) groups is 1. The van der Waals surface area contributed by atoms with Crippen molar-refractivity contribution < 1.29 is 9.53 Å². The molecule has 0 N–H and O–H groups in total. The average Bonchev–Trinajstić information content (AvgIpc) is 2.54. The zero-order chi connectivity index (χ0) is 16.0. The molecule has 0 unspecified atom stereocenters. The summed E-state index contributed by atoms with van der Waals surface area (Å²) in [5.74, 6) is -0.0924. The lowest BCUT2D eigenvalue weighted by Gasteiger charge is -2.42. The normalized spacial score (nSPS) is 18.1. The van der Waals surface area contributed by atoms with E-state index in [-0.39, 0.29) is 5.97 Å². The van der Waals surface area contributed by atoms with E-state index >= 15 is 0 Å². The molecule has 1 aromatic carbocycles. The lowest BCUT2D eigenvalue weighted by molar-refractivity contribution is -0.166. The minimum atomic E-state index is -0.429. The van der Waals surface area contributed by atoms with Crippen molar-refractivity contribution in [1.29, 1.82) is 0 Å². The minimum absolute atomic E-state index is 0.0924. The number of rotatable bonds is 6. The number of benzene rings is 1. The molecule has 1 aliphatic rings. The van der Waals surface area contributed by atoms with Gasteiger partial charge in [-0.15, -0.1) is 0 Å². The van der Waals surface area contributed by atoms with Crippen molar-refractivity contribution >= 4 is 5.97 Å². The van der Waals surface area contributed by atoms with Crippen LogP contribution in [-0.4, -0.2) is 30.5 Å². The van der Waals surface area contributed by atoms with Gasteiger partial charge in [-0.25, -0.2) is 0 Å². The molecule has 1 aromatic rings. The van der Waals surface area contributed by atoms with E-state index in [1.807, 2.05) is 19.1 Å². The monoisotopic (exact) mass is 303 g/mol. The maximum Gasteiger partial charge on any atom is 0.306 e. The van der Waals surface area contributed by atoms with Crippen LogP contribution in [0.3, 0.4) is 0 Å². The molecule has 1 fully saturated rings. The van der Waals surface area contributed by atoms with Crippen molar-refractivity contribution in [2.75, 3.05) is 19.6 Å². The summed E-state index contributed by atoms with van der Waals surface area (Å²) in [7, 11) is 0. The predicted molar refractivity (Wildman–Crippen MR) is 89.8 cm³/mol. The van der Waals surface area contributed by atoms with E-state index in [4.69, 9.17) is 4.74 Å². The molecule has 0 radical (unpaired) electrons. The van der Waals surface area contributed by atoms with Gasteiger partial charge in [0.2, 0.25) is 0 Å². The molecule has 1 aliphatic heterocycles. The largest absolute Gasteiger partial charge is 0.454 e. The third kappa shape index (κ3) is 3.89. The molecule has 3 heteroatoms. The zero-order valence-electron chi connectivity index (χ0n) is 14.2. The first kappa shape index (κ1) is 17.0. The van der Waals surface area contributed by atoms with Gasteiger partial charge in [0.05, 0.1) is 0 Å². The second-order valence-corrected chi connectivity index (χ2v) is 6.33. The van der Waals surface area contributed by atoms with Crippen LogP contribution in [0, 0.1) is 6.92 Å². The number of hydrogen-bond acceptors (Lipinski definition) is 3. The number of carbonyl (C=O) groups excluding carboxylic acids is 1. The summed E-state index contributed by atoms with van der Waals surface area (Å²) < 4.78 is 5.98.